The first-order valence-electron chi connectivity index (χ1n) is 7.39. The van der Waals surface area contributed by atoms with E-state index in [1.165, 1.54) is 0 Å². The second-order valence-electron chi connectivity index (χ2n) is 4.79. The van der Waals surface area contributed by atoms with Crippen molar-refractivity contribution in [2.24, 2.45) is 0 Å². The van der Waals surface area contributed by atoms with Gasteiger partial charge in [-0.15, -0.1) is 0 Å². The van der Waals surface area contributed by atoms with Crippen molar-refractivity contribution >= 4 is 5.82 Å². The molecule has 2 rings (SSSR count). The standard InChI is InChI=1S/C16H22N4O/c1-4-7-14-19-12(11-15(20-14)17-9-5-2)16-13(21-3)8-6-10-18-16/h6,8,10-11H,4-5,7,9H2,1-3H3,(H,17,19,20). The monoisotopic (exact) mass is 286 g/mol. The topological polar surface area (TPSA) is 59.9 Å². The summed E-state index contributed by atoms with van der Waals surface area (Å²) in [4.78, 5) is 13.6. The first-order valence-corrected chi connectivity index (χ1v) is 7.39. The quantitative estimate of drug-likeness (QED) is 0.846. The zero-order valence-corrected chi connectivity index (χ0v) is 12.9. The maximum Gasteiger partial charge on any atom is 0.146 e. The van der Waals surface area contributed by atoms with Crippen LogP contribution in [0.1, 0.15) is 32.5 Å². The van der Waals surface area contributed by atoms with Gasteiger partial charge in [-0.25, -0.2) is 9.97 Å². The molecule has 21 heavy (non-hydrogen) atoms. The number of nitrogens with zero attached hydrogens (tertiary/aromatic N) is 3. The Labute approximate surface area is 125 Å². The number of hydrogen-bond acceptors (Lipinski definition) is 5. The lowest BCUT2D eigenvalue weighted by molar-refractivity contribution is 0.414. The molecule has 0 fully saturated rings. The zero-order valence-electron chi connectivity index (χ0n) is 12.9. The third-order valence-corrected chi connectivity index (χ3v) is 3.04. The largest absolute Gasteiger partial charge is 0.494 e. The highest BCUT2D eigenvalue weighted by Crippen LogP contribution is 2.27. The molecule has 0 aromatic carbocycles. The molecule has 0 saturated carbocycles. The number of aryl methyl sites for hydroxylation is 1. The van der Waals surface area contributed by atoms with E-state index in [9.17, 15) is 0 Å². The number of ether oxygens (including phenoxy) is 1. The van der Waals surface area contributed by atoms with Gasteiger partial charge in [-0.05, 0) is 25.0 Å². The Hall–Kier alpha value is -2.17. The number of hydrogen-bond donors (Lipinski definition) is 1. The molecule has 0 radical (unpaired) electrons. The Morgan fingerprint density at radius 2 is 2.05 bits per heavy atom. The lowest BCUT2D eigenvalue weighted by atomic mass is 10.2. The van der Waals surface area contributed by atoms with E-state index >= 15 is 0 Å². The molecule has 0 saturated heterocycles. The second kappa shape index (κ2) is 7.57. The predicted molar refractivity (Wildman–Crippen MR) is 84.6 cm³/mol. The average molecular weight is 286 g/mol. The minimum Gasteiger partial charge on any atom is -0.494 e. The fraction of sp³-hybridized carbons (Fsp3) is 0.438. The molecule has 112 valence electrons. The molecule has 0 aliphatic heterocycles. The van der Waals surface area contributed by atoms with E-state index in [0.29, 0.717) is 0 Å². The van der Waals surface area contributed by atoms with Crippen molar-refractivity contribution in [1.82, 2.24) is 15.0 Å². The van der Waals surface area contributed by atoms with E-state index in [4.69, 9.17) is 4.74 Å². The predicted octanol–water partition coefficient (Wildman–Crippen LogP) is 3.32. The first kappa shape index (κ1) is 15.2. The summed E-state index contributed by atoms with van der Waals surface area (Å²) in [6.07, 6.45) is 4.66. The van der Waals surface area contributed by atoms with Crippen LogP contribution in [0.25, 0.3) is 11.4 Å². The van der Waals surface area contributed by atoms with Crippen LogP contribution in [0.15, 0.2) is 24.4 Å². The van der Waals surface area contributed by atoms with Crippen molar-refractivity contribution in [3.05, 3.63) is 30.2 Å². The lowest BCUT2D eigenvalue weighted by Crippen LogP contribution is -2.06. The number of rotatable bonds is 7. The molecule has 2 aromatic rings. The van der Waals surface area contributed by atoms with Gasteiger partial charge < -0.3 is 10.1 Å². The van der Waals surface area contributed by atoms with Crippen molar-refractivity contribution in [2.45, 2.75) is 33.1 Å². The highest BCUT2D eigenvalue weighted by Gasteiger charge is 2.11. The maximum atomic E-state index is 5.38. The fourth-order valence-electron chi connectivity index (χ4n) is 2.05. The van der Waals surface area contributed by atoms with Crippen LogP contribution in [0.3, 0.4) is 0 Å². The van der Waals surface area contributed by atoms with E-state index in [1.807, 2.05) is 18.2 Å². The third kappa shape index (κ3) is 3.90. The summed E-state index contributed by atoms with van der Waals surface area (Å²) in [5.74, 6) is 2.40. The molecular formula is C16H22N4O. The van der Waals surface area contributed by atoms with Gasteiger partial charge in [0.15, 0.2) is 0 Å². The van der Waals surface area contributed by atoms with Crippen LogP contribution in [-0.2, 0) is 6.42 Å². The Balaban J connectivity index is 2.43. The van der Waals surface area contributed by atoms with Crippen LogP contribution >= 0.6 is 0 Å². The van der Waals surface area contributed by atoms with Crippen molar-refractivity contribution in [3.8, 4) is 17.1 Å². The summed E-state index contributed by atoms with van der Waals surface area (Å²) in [5, 5.41) is 3.32. The van der Waals surface area contributed by atoms with E-state index < -0.39 is 0 Å². The van der Waals surface area contributed by atoms with Gasteiger partial charge in [0.05, 0.1) is 12.8 Å². The minimum atomic E-state index is 0.722. The Kier molecular flexibility index (Phi) is 5.49. The van der Waals surface area contributed by atoms with Gasteiger partial charge in [0.1, 0.15) is 23.1 Å². The second-order valence-corrected chi connectivity index (χ2v) is 4.79. The zero-order chi connectivity index (χ0) is 15.1. The third-order valence-electron chi connectivity index (χ3n) is 3.04. The van der Waals surface area contributed by atoms with Crippen LogP contribution in [0.5, 0.6) is 5.75 Å². The lowest BCUT2D eigenvalue weighted by Gasteiger charge is -2.11. The number of nitrogens with one attached hydrogen (secondary N) is 1. The summed E-state index contributed by atoms with van der Waals surface area (Å²) in [7, 11) is 1.64. The molecule has 0 aliphatic rings. The van der Waals surface area contributed by atoms with Gasteiger partial charge in [0.25, 0.3) is 0 Å². The number of anilines is 1. The van der Waals surface area contributed by atoms with Gasteiger partial charge >= 0.3 is 0 Å². The van der Waals surface area contributed by atoms with Crippen molar-refractivity contribution in [1.29, 1.82) is 0 Å². The molecule has 0 spiro atoms. The van der Waals surface area contributed by atoms with Gasteiger partial charge in [-0.1, -0.05) is 13.8 Å². The molecule has 5 heteroatoms. The highest BCUT2D eigenvalue weighted by molar-refractivity contribution is 5.65. The summed E-state index contributed by atoms with van der Waals surface area (Å²) >= 11 is 0. The maximum absolute atomic E-state index is 5.38. The summed E-state index contributed by atoms with van der Waals surface area (Å²) in [6, 6.07) is 5.68. The van der Waals surface area contributed by atoms with Gasteiger partial charge in [0, 0.05) is 25.2 Å². The Bertz CT molecular complexity index is 586. The van der Waals surface area contributed by atoms with E-state index in [-0.39, 0.29) is 0 Å². The Morgan fingerprint density at radius 1 is 1.19 bits per heavy atom. The molecular weight excluding hydrogens is 264 g/mol. The van der Waals surface area contributed by atoms with E-state index in [1.54, 1.807) is 13.3 Å². The SMILES string of the molecule is CCCNc1cc(-c2ncccc2OC)nc(CCC)n1. The number of aromatic nitrogens is 3. The first-order chi connectivity index (χ1) is 10.3. The van der Waals surface area contributed by atoms with Gasteiger partial charge in [-0.2, -0.15) is 0 Å². The number of methoxy groups -OCH3 is 1. The average Bonchev–Trinajstić information content (AvgIpc) is 2.53. The van der Waals surface area contributed by atoms with Crippen molar-refractivity contribution in [3.63, 3.8) is 0 Å². The normalized spacial score (nSPS) is 10.4. The van der Waals surface area contributed by atoms with Crippen LogP contribution in [-0.4, -0.2) is 28.6 Å². The molecule has 0 unspecified atom stereocenters. The smallest absolute Gasteiger partial charge is 0.146 e. The van der Waals surface area contributed by atoms with Crippen LogP contribution in [0, 0.1) is 0 Å². The Morgan fingerprint density at radius 3 is 2.76 bits per heavy atom. The van der Waals surface area contributed by atoms with Crippen LogP contribution in [0.4, 0.5) is 5.82 Å². The molecule has 0 aliphatic carbocycles. The highest BCUT2D eigenvalue weighted by atomic mass is 16.5. The van der Waals surface area contributed by atoms with E-state index in [2.05, 4.69) is 34.1 Å². The van der Waals surface area contributed by atoms with Crippen molar-refractivity contribution < 1.29 is 4.74 Å². The summed E-state index contributed by atoms with van der Waals surface area (Å²) in [5.41, 5.74) is 1.55. The van der Waals surface area contributed by atoms with E-state index in [0.717, 1.165) is 54.6 Å². The molecule has 2 heterocycles. The van der Waals surface area contributed by atoms with Crippen molar-refractivity contribution in [2.75, 3.05) is 19.0 Å². The molecule has 0 atom stereocenters. The molecule has 2 aromatic heterocycles. The van der Waals surface area contributed by atoms with Gasteiger partial charge in [-0.3, -0.25) is 4.98 Å². The molecule has 1 N–H and O–H groups in total. The fourth-order valence-corrected chi connectivity index (χ4v) is 2.05. The van der Waals surface area contributed by atoms with Crippen LogP contribution < -0.4 is 10.1 Å². The molecule has 5 nitrogen and oxygen atoms in total. The van der Waals surface area contributed by atoms with Gasteiger partial charge in [0.2, 0.25) is 0 Å². The summed E-state index contributed by atoms with van der Waals surface area (Å²) in [6.45, 7) is 5.14. The molecule has 0 amide bonds. The van der Waals surface area contributed by atoms with Crippen LogP contribution in [0.2, 0.25) is 0 Å². The minimum absolute atomic E-state index is 0.722. The molecule has 0 bridgehead atoms. The summed E-state index contributed by atoms with van der Waals surface area (Å²) < 4.78 is 5.38. The number of pyridine rings is 1.